The third-order valence-corrected chi connectivity index (χ3v) is 3.95. The van der Waals surface area contributed by atoms with Crippen molar-refractivity contribution in [1.29, 1.82) is 0 Å². The largest absolute Gasteiger partial charge is 0.383 e. The molecule has 0 spiro atoms. The van der Waals surface area contributed by atoms with Crippen molar-refractivity contribution in [3.05, 3.63) is 0 Å². The molecule has 3 heteroatoms. The zero-order valence-corrected chi connectivity index (χ0v) is 10.3. The number of rotatable bonds is 4. The predicted octanol–water partition coefficient (Wildman–Crippen LogP) is 1.19. The van der Waals surface area contributed by atoms with Crippen LogP contribution in [0.2, 0.25) is 0 Å². The lowest BCUT2D eigenvalue weighted by Crippen LogP contribution is -2.56. The smallest absolute Gasteiger partial charge is 0.0589 e. The number of nitrogens with zero attached hydrogens (tertiary/aromatic N) is 2. The Hall–Kier alpha value is -0.120. The summed E-state index contributed by atoms with van der Waals surface area (Å²) >= 11 is 0. The molecule has 2 fully saturated rings. The van der Waals surface area contributed by atoms with Gasteiger partial charge in [-0.2, -0.15) is 0 Å². The first-order valence-electron chi connectivity index (χ1n) is 6.21. The van der Waals surface area contributed by atoms with Crippen LogP contribution in [0.15, 0.2) is 0 Å². The van der Waals surface area contributed by atoms with Crippen molar-refractivity contribution in [2.24, 2.45) is 0 Å². The van der Waals surface area contributed by atoms with E-state index >= 15 is 0 Å². The molecular weight excluding hydrogens is 188 g/mol. The Labute approximate surface area is 93.4 Å². The second kappa shape index (κ2) is 4.81. The minimum Gasteiger partial charge on any atom is -0.383 e. The van der Waals surface area contributed by atoms with Crippen LogP contribution in [0.5, 0.6) is 0 Å². The van der Waals surface area contributed by atoms with Crippen LogP contribution in [0, 0.1) is 0 Å². The van der Waals surface area contributed by atoms with Crippen molar-refractivity contribution < 1.29 is 4.74 Å². The molecule has 0 amide bonds. The van der Waals surface area contributed by atoms with E-state index in [2.05, 4.69) is 23.6 Å². The summed E-state index contributed by atoms with van der Waals surface area (Å²) in [4.78, 5) is 5.30. The second-order valence-corrected chi connectivity index (χ2v) is 5.16. The lowest BCUT2D eigenvalue weighted by atomic mass is 10.1. The third kappa shape index (κ3) is 2.35. The summed E-state index contributed by atoms with van der Waals surface area (Å²) in [6.45, 7) is 9.15. The lowest BCUT2D eigenvalue weighted by molar-refractivity contribution is 0.0320. The topological polar surface area (TPSA) is 15.7 Å². The van der Waals surface area contributed by atoms with Crippen LogP contribution in [-0.2, 0) is 4.74 Å². The summed E-state index contributed by atoms with van der Waals surface area (Å²) in [6, 6.07) is 2.29. The highest BCUT2D eigenvalue weighted by molar-refractivity contribution is 4.96. The molecule has 2 unspecified atom stereocenters. The molecule has 2 rings (SSSR count). The summed E-state index contributed by atoms with van der Waals surface area (Å²) in [5, 5.41) is 0. The molecule has 2 heterocycles. The van der Waals surface area contributed by atoms with Gasteiger partial charge < -0.3 is 4.74 Å². The van der Waals surface area contributed by atoms with Crippen LogP contribution < -0.4 is 0 Å². The molecule has 0 N–H and O–H groups in total. The zero-order valence-electron chi connectivity index (χ0n) is 10.3. The average molecular weight is 212 g/mol. The van der Waals surface area contributed by atoms with Gasteiger partial charge in [0.1, 0.15) is 0 Å². The first-order chi connectivity index (χ1) is 7.22. The summed E-state index contributed by atoms with van der Waals surface area (Å²) in [5.41, 5.74) is 0. The van der Waals surface area contributed by atoms with E-state index in [1.807, 2.05) is 0 Å². The molecule has 0 saturated carbocycles. The Morgan fingerprint density at radius 2 is 1.80 bits per heavy atom. The van der Waals surface area contributed by atoms with Crippen LogP contribution in [0.4, 0.5) is 0 Å². The molecule has 15 heavy (non-hydrogen) atoms. The van der Waals surface area contributed by atoms with Gasteiger partial charge in [-0.05, 0) is 26.7 Å². The SMILES string of the molecule is COCCN1C2CCC1CN(C(C)C)C2. The maximum Gasteiger partial charge on any atom is 0.0589 e. The number of hydrogen-bond acceptors (Lipinski definition) is 3. The van der Waals surface area contributed by atoms with Crippen LogP contribution >= 0.6 is 0 Å². The van der Waals surface area contributed by atoms with Gasteiger partial charge in [0.2, 0.25) is 0 Å². The summed E-state index contributed by atoms with van der Waals surface area (Å²) in [5.74, 6) is 0. The Bertz CT molecular complexity index is 194. The number of methoxy groups -OCH3 is 1. The molecule has 0 aromatic heterocycles. The van der Waals surface area contributed by atoms with Crippen LogP contribution in [0.25, 0.3) is 0 Å². The highest BCUT2D eigenvalue weighted by atomic mass is 16.5. The van der Waals surface area contributed by atoms with Gasteiger partial charge in [0.05, 0.1) is 6.61 Å². The van der Waals surface area contributed by atoms with E-state index in [1.54, 1.807) is 7.11 Å². The van der Waals surface area contributed by atoms with Crippen molar-refractivity contribution >= 4 is 0 Å². The van der Waals surface area contributed by atoms with Gasteiger partial charge in [-0.3, -0.25) is 9.80 Å². The van der Waals surface area contributed by atoms with E-state index in [9.17, 15) is 0 Å². The molecule has 0 radical (unpaired) electrons. The standard InChI is InChI=1S/C12H24N2O/c1-10(2)13-8-11-4-5-12(9-13)14(11)6-7-15-3/h10-12H,4-9H2,1-3H3. The van der Waals surface area contributed by atoms with E-state index in [1.165, 1.54) is 25.9 Å². The van der Waals surface area contributed by atoms with Crippen molar-refractivity contribution in [2.45, 2.75) is 44.8 Å². The normalized spacial score (nSPS) is 32.8. The fourth-order valence-corrected chi connectivity index (χ4v) is 3.01. The van der Waals surface area contributed by atoms with Crippen molar-refractivity contribution in [2.75, 3.05) is 33.4 Å². The second-order valence-electron chi connectivity index (χ2n) is 5.16. The van der Waals surface area contributed by atoms with Crippen molar-refractivity contribution in [3.63, 3.8) is 0 Å². The average Bonchev–Trinajstić information content (AvgIpc) is 2.47. The monoisotopic (exact) mass is 212 g/mol. The fourth-order valence-electron chi connectivity index (χ4n) is 3.01. The molecule has 2 bridgehead atoms. The summed E-state index contributed by atoms with van der Waals surface area (Å²) in [6.07, 6.45) is 2.77. The Morgan fingerprint density at radius 3 is 2.27 bits per heavy atom. The van der Waals surface area contributed by atoms with Crippen molar-refractivity contribution in [1.82, 2.24) is 9.80 Å². The highest BCUT2D eigenvalue weighted by Crippen LogP contribution is 2.30. The third-order valence-electron chi connectivity index (χ3n) is 3.95. The number of ether oxygens (including phenoxy) is 1. The minimum absolute atomic E-state index is 0.706. The molecule has 0 aromatic carbocycles. The maximum absolute atomic E-state index is 5.19. The molecule has 0 aliphatic carbocycles. The lowest BCUT2D eigenvalue weighted by Gasteiger charge is -2.42. The van der Waals surface area contributed by atoms with Gasteiger partial charge in [-0.15, -0.1) is 0 Å². The number of fused-ring (bicyclic) bond motifs is 2. The first kappa shape index (κ1) is 11.4. The van der Waals surface area contributed by atoms with E-state index < -0.39 is 0 Å². The molecule has 2 aliphatic heterocycles. The predicted molar refractivity (Wildman–Crippen MR) is 62.1 cm³/mol. The Morgan fingerprint density at radius 1 is 1.20 bits per heavy atom. The number of piperazine rings is 1. The van der Waals surface area contributed by atoms with Gasteiger partial charge in [0.15, 0.2) is 0 Å². The van der Waals surface area contributed by atoms with Crippen LogP contribution in [0.1, 0.15) is 26.7 Å². The molecule has 88 valence electrons. The zero-order chi connectivity index (χ0) is 10.8. The van der Waals surface area contributed by atoms with Crippen LogP contribution in [-0.4, -0.2) is 61.3 Å². The van der Waals surface area contributed by atoms with Gasteiger partial charge in [0.25, 0.3) is 0 Å². The van der Waals surface area contributed by atoms with Crippen molar-refractivity contribution in [3.8, 4) is 0 Å². The quantitative estimate of drug-likeness (QED) is 0.696. The molecule has 3 nitrogen and oxygen atoms in total. The van der Waals surface area contributed by atoms with Gasteiger partial charge in [-0.25, -0.2) is 0 Å². The molecule has 2 saturated heterocycles. The molecule has 0 aromatic rings. The Kier molecular flexibility index (Phi) is 3.65. The van der Waals surface area contributed by atoms with E-state index in [-0.39, 0.29) is 0 Å². The molecular formula is C12H24N2O. The Balaban J connectivity index is 1.91. The first-order valence-corrected chi connectivity index (χ1v) is 6.21. The van der Waals surface area contributed by atoms with E-state index in [0.29, 0.717) is 6.04 Å². The van der Waals surface area contributed by atoms with E-state index in [0.717, 1.165) is 25.2 Å². The molecule has 2 atom stereocenters. The number of hydrogen-bond donors (Lipinski definition) is 0. The number of likely N-dealkylation sites (tertiary alicyclic amines) is 1. The minimum atomic E-state index is 0.706. The molecule has 2 aliphatic rings. The van der Waals surface area contributed by atoms with Crippen LogP contribution in [0.3, 0.4) is 0 Å². The maximum atomic E-state index is 5.19. The highest BCUT2D eigenvalue weighted by Gasteiger charge is 2.39. The summed E-state index contributed by atoms with van der Waals surface area (Å²) < 4.78 is 5.19. The van der Waals surface area contributed by atoms with Gasteiger partial charge in [-0.1, -0.05) is 0 Å². The van der Waals surface area contributed by atoms with Gasteiger partial charge in [0, 0.05) is 44.9 Å². The summed E-state index contributed by atoms with van der Waals surface area (Å²) in [7, 11) is 1.80. The van der Waals surface area contributed by atoms with Gasteiger partial charge >= 0.3 is 0 Å². The van der Waals surface area contributed by atoms with E-state index in [4.69, 9.17) is 4.74 Å². The fraction of sp³-hybridized carbons (Fsp3) is 1.00.